The fraction of sp³-hybridized carbons (Fsp3) is 0.435. The van der Waals surface area contributed by atoms with E-state index in [4.69, 9.17) is 5.73 Å². The number of nitrogens with zero attached hydrogens (tertiary/aromatic N) is 1. The molecule has 0 radical (unpaired) electrons. The van der Waals surface area contributed by atoms with Gasteiger partial charge in [-0.15, -0.1) is 0 Å². The molecule has 1 aromatic carbocycles. The third-order valence-electron chi connectivity index (χ3n) is 5.01. The first kappa shape index (κ1) is 26.5. The molecule has 0 aliphatic heterocycles. The van der Waals surface area contributed by atoms with Crippen LogP contribution in [0.25, 0.3) is 0 Å². The van der Waals surface area contributed by atoms with Crippen molar-refractivity contribution in [3.8, 4) is 0 Å². The molecule has 1 aromatic heterocycles. The highest BCUT2D eigenvalue weighted by molar-refractivity contribution is 5.92. The summed E-state index contributed by atoms with van der Waals surface area (Å²) in [6.07, 6.45) is 3.54. The maximum absolute atomic E-state index is 12.8. The second-order valence-electron chi connectivity index (χ2n) is 8.44. The van der Waals surface area contributed by atoms with Crippen molar-refractivity contribution in [3.63, 3.8) is 0 Å². The minimum atomic E-state index is -1.16. The van der Waals surface area contributed by atoms with Crippen molar-refractivity contribution < 1.29 is 24.3 Å². The molecule has 0 saturated heterocycles. The number of H-pyrrole nitrogens is 1. The van der Waals surface area contributed by atoms with Gasteiger partial charge in [0, 0.05) is 18.3 Å². The summed E-state index contributed by atoms with van der Waals surface area (Å²) in [5.41, 5.74) is 7.39. The lowest BCUT2D eigenvalue weighted by Crippen LogP contribution is -2.54. The van der Waals surface area contributed by atoms with Crippen molar-refractivity contribution >= 4 is 23.7 Å². The van der Waals surface area contributed by atoms with Gasteiger partial charge in [-0.2, -0.15) is 0 Å². The highest BCUT2D eigenvalue weighted by Gasteiger charge is 2.28. The Morgan fingerprint density at radius 3 is 2.32 bits per heavy atom. The first-order valence-electron chi connectivity index (χ1n) is 11.0. The molecule has 2 rings (SSSR count). The highest BCUT2D eigenvalue weighted by Crippen LogP contribution is 2.07. The van der Waals surface area contributed by atoms with Gasteiger partial charge in [0.05, 0.1) is 18.9 Å². The van der Waals surface area contributed by atoms with Crippen LogP contribution in [0.4, 0.5) is 0 Å². The normalized spacial score (nSPS) is 13.5. The number of carboxylic acid groups (broad SMARTS) is 1. The number of hydrogen-bond acceptors (Lipinski definition) is 6. The summed E-state index contributed by atoms with van der Waals surface area (Å²) in [4.78, 5) is 55.8. The summed E-state index contributed by atoms with van der Waals surface area (Å²) < 4.78 is 0. The smallest absolute Gasteiger partial charge is 0.326 e. The van der Waals surface area contributed by atoms with Gasteiger partial charge in [0.25, 0.3) is 0 Å². The molecule has 3 unspecified atom stereocenters. The third-order valence-corrected chi connectivity index (χ3v) is 5.01. The van der Waals surface area contributed by atoms with Gasteiger partial charge in [-0.25, -0.2) is 9.78 Å². The molecule has 0 aliphatic carbocycles. The van der Waals surface area contributed by atoms with E-state index in [1.54, 1.807) is 0 Å². The van der Waals surface area contributed by atoms with E-state index in [-0.39, 0.29) is 25.3 Å². The maximum Gasteiger partial charge on any atom is 0.326 e. The topological polar surface area (TPSA) is 179 Å². The Bertz CT molecular complexity index is 948. The molecule has 0 bridgehead atoms. The number of rotatable bonds is 13. The van der Waals surface area contributed by atoms with Gasteiger partial charge in [-0.05, 0) is 24.3 Å². The fourth-order valence-corrected chi connectivity index (χ4v) is 3.30. The number of amides is 3. The van der Waals surface area contributed by atoms with Crippen LogP contribution in [-0.2, 0) is 32.0 Å². The molecule has 0 fully saturated rings. The molecule has 11 heteroatoms. The molecule has 7 N–H and O–H groups in total. The largest absolute Gasteiger partial charge is 0.480 e. The number of aromatic nitrogens is 2. The lowest BCUT2D eigenvalue weighted by molar-refractivity contribution is -0.142. The SMILES string of the molecule is CC(C)CC(NC(=O)C(Cc1cnc[nH]1)NC(=O)CNC(=O)C(N)Cc1ccccc1)C(=O)O. The molecule has 0 spiro atoms. The zero-order valence-electron chi connectivity index (χ0n) is 19.3. The number of carbonyl (C=O) groups is 4. The predicted octanol–water partition coefficient (Wildman–Crippen LogP) is -0.261. The van der Waals surface area contributed by atoms with Gasteiger partial charge >= 0.3 is 5.97 Å². The first-order valence-corrected chi connectivity index (χ1v) is 11.0. The van der Waals surface area contributed by atoms with Crippen LogP contribution in [0.2, 0.25) is 0 Å². The second kappa shape index (κ2) is 13.1. The average molecular weight is 473 g/mol. The van der Waals surface area contributed by atoms with E-state index in [1.807, 2.05) is 44.2 Å². The van der Waals surface area contributed by atoms with Crippen molar-refractivity contribution in [2.24, 2.45) is 11.7 Å². The van der Waals surface area contributed by atoms with Crippen LogP contribution in [0.3, 0.4) is 0 Å². The molecule has 0 aliphatic rings. The Kier molecular flexibility index (Phi) is 10.2. The van der Waals surface area contributed by atoms with Crippen molar-refractivity contribution in [2.75, 3.05) is 6.54 Å². The Morgan fingerprint density at radius 1 is 1.03 bits per heavy atom. The Morgan fingerprint density at radius 2 is 1.74 bits per heavy atom. The van der Waals surface area contributed by atoms with Crippen molar-refractivity contribution in [3.05, 3.63) is 54.1 Å². The fourth-order valence-electron chi connectivity index (χ4n) is 3.30. The predicted molar refractivity (Wildman–Crippen MR) is 124 cm³/mol. The quantitative estimate of drug-likeness (QED) is 0.232. The molecule has 184 valence electrons. The van der Waals surface area contributed by atoms with Gasteiger partial charge in [0.1, 0.15) is 12.1 Å². The Labute approximate surface area is 197 Å². The standard InChI is InChI=1S/C23H32N6O5/c1-14(2)8-19(23(33)34)29-22(32)18(10-16-11-25-13-27-16)28-20(30)12-26-21(31)17(24)9-15-6-4-3-5-7-15/h3-7,11,13-14,17-19H,8-10,12,24H2,1-2H3,(H,25,27)(H,26,31)(H,28,30)(H,29,32)(H,33,34). The molecule has 0 saturated carbocycles. The monoisotopic (exact) mass is 472 g/mol. The van der Waals surface area contributed by atoms with Gasteiger partial charge in [0.15, 0.2) is 0 Å². The number of carbonyl (C=O) groups excluding carboxylic acids is 3. The van der Waals surface area contributed by atoms with Gasteiger partial charge in [0.2, 0.25) is 17.7 Å². The summed E-state index contributed by atoms with van der Waals surface area (Å²) in [6.45, 7) is 3.30. The zero-order valence-corrected chi connectivity index (χ0v) is 19.3. The molecular formula is C23H32N6O5. The second-order valence-corrected chi connectivity index (χ2v) is 8.44. The summed E-state index contributed by atoms with van der Waals surface area (Å²) in [6, 6.07) is 6.23. The minimum absolute atomic E-state index is 0.0392. The highest BCUT2D eigenvalue weighted by atomic mass is 16.4. The zero-order chi connectivity index (χ0) is 25.1. The number of aliphatic carboxylic acids is 1. The van der Waals surface area contributed by atoms with Gasteiger partial charge in [-0.1, -0.05) is 44.2 Å². The van der Waals surface area contributed by atoms with E-state index < -0.39 is 41.8 Å². The Balaban J connectivity index is 1.96. The van der Waals surface area contributed by atoms with E-state index in [0.29, 0.717) is 12.1 Å². The van der Waals surface area contributed by atoms with Crippen LogP contribution >= 0.6 is 0 Å². The van der Waals surface area contributed by atoms with Gasteiger partial charge in [-0.3, -0.25) is 14.4 Å². The average Bonchev–Trinajstić information content (AvgIpc) is 3.30. The van der Waals surface area contributed by atoms with Crippen molar-refractivity contribution in [1.82, 2.24) is 25.9 Å². The Hall–Kier alpha value is -3.73. The lowest BCUT2D eigenvalue weighted by Gasteiger charge is -2.22. The molecular weight excluding hydrogens is 440 g/mol. The van der Waals surface area contributed by atoms with Crippen LogP contribution in [0.1, 0.15) is 31.5 Å². The van der Waals surface area contributed by atoms with E-state index >= 15 is 0 Å². The van der Waals surface area contributed by atoms with Crippen LogP contribution < -0.4 is 21.7 Å². The van der Waals surface area contributed by atoms with E-state index in [2.05, 4.69) is 25.9 Å². The number of carboxylic acids is 1. The molecule has 3 amide bonds. The number of benzene rings is 1. The van der Waals surface area contributed by atoms with Crippen LogP contribution in [0.5, 0.6) is 0 Å². The van der Waals surface area contributed by atoms with Gasteiger partial charge < -0.3 is 31.8 Å². The van der Waals surface area contributed by atoms with Crippen LogP contribution in [0, 0.1) is 5.92 Å². The maximum atomic E-state index is 12.8. The van der Waals surface area contributed by atoms with E-state index in [0.717, 1.165) is 5.56 Å². The molecule has 1 heterocycles. The van der Waals surface area contributed by atoms with E-state index in [9.17, 15) is 24.3 Å². The number of nitrogens with two attached hydrogens (primary N) is 1. The van der Waals surface area contributed by atoms with Crippen LogP contribution in [0.15, 0.2) is 42.9 Å². The van der Waals surface area contributed by atoms with Crippen molar-refractivity contribution in [2.45, 2.75) is 51.2 Å². The molecule has 3 atom stereocenters. The summed E-state index contributed by atoms with van der Waals surface area (Å²) in [7, 11) is 0. The minimum Gasteiger partial charge on any atom is -0.480 e. The third kappa shape index (κ3) is 9.02. The first-order chi connectivity index (χ1) is 16.2. The number of hydrogen-bond donors (Lipinski definition) is 6. The summed E-state index contributed by atoms with van der Waals surface area (Å²) >= 11 is 0. The number of imidazole rings is 1. The summed E-state index contributed by atoms with van der Waals surface area (Å²) in [5, 5.41) is 16.9. The number of aromatic amines is 1. The molecule has 11 nitrogen and oxygen atoms in total. The van der Waals surface area contributed by atoms with Crippen LogP contribution in [-0.4, -0.2) is 63.4 Å². The van der Waals surface area contributed by atoms with E-state index in [1.165, 1.54) is 12.5 Å². The molecule has 34 heavy (non-hydrogen) atoms. The lowest BCUT2D eigenvalue weighted by atomic mass is 10.0. The summed E-state index contributed by atoms with van der Waals surface area (Å²) in [5.74, 6) is -2.89. The molecule has 2 aromatic rings. The number of nitrogens with one attached hydrogen (secondary N) is 4. The van der Waals surface area contributed by atoms with Crippen molar-refractivity contribution in [1.29, 1.82) is 0 Å².